The highest BCUT2D eigenvalue weighted by Gasteiger charge is 2.25. The molecule has 122 valence electrons. The fourth-order valence-corrected chi connectivity index (χ4v) is 3.28. The summed E-state index contributed by atoms with van der Waals surface area (Å²) < 4.78 is 5.16. The number of hydrogen-bond acceptors (Lipinski definition) is 3. The predicted molar refractivity (Wildman–Crippen MR) is 87.8 cm³/mol. The van der Waals surface area contributed by atoms with Crippen molar-refractivity contribution in [2.75, 3.05) is 13.7 Å². The molecule has 1 N–H and O–H groups in total. The molecule has 5 heteroatoms. The highest BCUT2D eigenvalue weighted by atomic mass is 16.5. The predicted octanol–water partition coefficient (Wildman–Crippen LogP) is 2.31. The summed E-state index contributed by atoms with van der Waals surface area (Å²) >= 11 is 0. The van der Waals surface area contributed by atoms with Gasteiger partial charge in [0.2, 0.25) is 5.91 Å². The highest BCUT2D eigenvalue weighted by Crippen LogP contribution is 2.25. The number of hydrogen-bond donors (Lipinski definition) is 1. The third-order valence-electron chi connectivity index (χ3n) is 4.64. The summed E-state index contributed by atoms with van der Waals surface area (Å²) in [4.78, 5) is 28.3. The number of nitrogens with zero attached hydrogens (tertiary/aromatic N) is 1. The Bertz CT molecular complexity index is 622. The normalized spacial score (nSPS) is 23.8. The molecule has 1 aliphatic heterocycles. The van der Waals surface area contributed by atoms with Gasteiger partial charge in [-0.05, 0) is 25.3 Å². The molecule has 0 saturated heterocycles. The van der Waals surface area contributed by atoms with Gasteiger partial charge in [0.1, 0.15) is 5.76 Å². The van der Waals surface area contributed by atoms with Crippen LogP contribution >= 0.6 is 0 Å². The second-order valence-electron chi connectivity index (χ2n) is 6.19. The Kier molecular flexibility index (Phi) is 4.74. The van der Waals surface area contributed by atoms with Crippen molar-refractivity contribution in [3.05, 3.63) is 35.6 Å². The van der Waals surface area contributed by atoms with E-state index in [0.29, 0.717) is 30.0 Å². The summed E-state index contributed by atoms with van der Waals surface area (Å²) in [6.07, 6.45) is 12.4. The minimum atomic E-state index is -0.214. The van der Waals surface area contributed by atoms with Gasteiger partial charge < -0.3 is 10.1 Å². The first-order chi connectivity index (χ1) is 11.2. The summed E-state index contributed by atoms with van der Waals surface area (Å²) in [6.45, 7) is 0.493. The van der Waals surface area contributed by atoms with E-state index in [1.54, 1.807) is 13.2 Å². The van der Waals surface area contributed by atoms with Crippen LogP contribution in [-0.4, -0.2) is 31.2 Å². The summed E-state index contributed by atoms with van der Waals surface area (Å²) in [5.41, 5.74) is 1.39. The molecule has 5 nitrogen and oxygen atoms in total. The first kappa shape index (κ1) is 15.7. The van der Waals surface area contributed by atoms with Gasteiger partial charge in [-0.15, -0.1) is 0 Å². The summed E-state index contributed by atoms with van der Waals surface area (Å²) in [7, 11) is 1.59. The Morgan fingerprint density at radius 3 is 2.91 bits per heavy atom. The Morgan fingerprint density at radius 2 is 2.17 bits per heavy atom. The summed E-state index contributed by atoms with van der Waals surface area (Å²) in [5, 5.41) is 2.95. The molecule has 0 aromatic rings. The number of rotatable bonds is 5. The Hall–Kier alpha value is -2.17. The van der Waals surface area contributed by atoms with Crippen molar-refractivity contribution in [3.8, 4) is 0 Å². The Labute approximate surface area is 136 Å². The summed E-state index contributed by atoms with van der Waals surface area (Å²) in [5.74, 6) is 0.796. The van der Waals surface area contributed by atoms with E-state index in [1.807, 2.05) is 18.2 Å². The lowest BCUT2D eigenvalue weighted by Crippen LogP contribution is -2.31. The van der Waals surface area contributed by atoms with Gasteiger partial charge >= 0.3 is 0 Å². The van der Waals surface area contributed by atoms with Gasteiger partial charge in [-0.1, -0.05) is 25.0 Å². The van der Waals surface area contributed by atoms with Crippen molar-refractivity contribution in [1.29, 1.82) is 0 Å². The zero-order valence-corrected chi connectivity index (χ0v) is 13.4. The lowest BCUT2D eigenvalue weighted by atomic mass is 9.91. The van der Waals surface area contributed by atoms with Crippen LogP contribution in [-0.2, 0) is 14.3 Å². The average Bonchev–Trinajstić information content (AvgIpc) is 3.09. The minimum absolute atomic E-state index is 0.0205. The molecule has 0 bridgehead atoms. The van der Waals surface area contributed by atoms with Gasteiger partial charge in [-0.3, -0.25) is 9.59 Å². The second-order valence-corrected chi connectivity index (χ2v) is 6.19. The van der Waals surface area contributed by atoms with Crippen LogP contribution in [0.1, 0.15) is 32.1 Å². The molecule has 1 unspecified atom stereocenters. The van der Waals surface area contributed by atoms with Crippen LogP contribution in [0.25, 0.3) is 0 Å². The van der Waals surface area contributed by atoms with Crippen molar-refractivity contribution < 1.29 is 14.3 Å². The van der Waals surface area contributed by atoms with E-state index < -0.39 is 0 Å². The van der Waals surface area contributed by atoms with Gasteiger partial charge in [-0.25, -0.2) is 4.99 Å². The smallest absolute Gasteiger partial charge is 0.272 e. The Morgan fingerprint density at radius 1 is 1.39 bits per heavy atom. The average molecular weight is 314 g/mol. The van der Waals surface area contributed by atoms with E-state index in [2.05, 4.69) is 10.3 Å². The SMILES string of the molecule is COC1=CC2=NC(=O)C(CCNC(=O)C3CCCC3)=CC2C=C1. The number of fused-ring (bicyclic) bond motifs is 1. The van der Waals surface area contributed by atoms with E-state index in [1.165, 1.54) is 0 Å². The quantitative estimate of drug-likeness (QED) is 0.846. The standard InChI is InChI=1S/C18H22N2O3/c1-23-15-7-6-13-10-14(18(22)20-16(13)11-15)8-9-19-17(21)12-4-2-3-5-12/h6-7,10-13H,2-5,8-9H2,1H3,(H,19,21). The van der Waals surface area contributed by atoms with Gasteiger partial charge in [-0.2, -0.15) is 0 Å². The molecule has 0 aromatic heterocycles. The van der Waals surface area contributed by atoms with E-state index in [4.69, 9.17) is 4.74 Å². The number of carbonyl (C=O) groups is 2. The third-order valence-corrected chi connectivity index (χ3v) is 4.64. The number of amides is 2. The number of methoxy groups -OCH3 is 1. The fraction of sp³-hybridized carbons (Fsp3) is 0.500. The molecule has 2 amide bonds. The maximum atomic E-state index is 12.1. The molecule has 1 atom stereocenters. The third kappa shape index (κ3) is 3.60. The molecule has 0 radical (unpaired) electrons. The van der Waals surface area contributed by atoms with Gasteiger partial charge in [0.15, 0.2) is 0 Å². The molecule has 1 fully saturated rings. The summed E-state index contributed by atoms with van der Waals surface area (Å²) in [6, 6.07) is 0. The molecule has 3 aliphatic rings. The zero-order valence-electron chi connectivity index (χ0n) is 13.4. The maximum absolute atomic E-state index is 12.1. The lowest BCUT2D eigenvalue weighted by Gasteiger charge is -2.20. The highest BCUT2D eigenvalue weighted by molar-refractivity contribution is 6.13. The van der Waals surface area contributed by atoms with Crippen LogP contribution in [0.2, 0.25) is 0 Å². The van der Waals surface area contributed by atoms with Gasteiger partial charge in [0.25, 0.3) is 5.91 Å². The van der Waals surface area contributed by atoms with Crippen LogP contribution in [0.15, 0.2) is 40.6 Å². The van der Waals surface area contributed by atoms with E-state index in [9.17, 15) is 9.59 Å². The topological polar surface area (TPSA) is 67.8 Å². The molecule has 2 aliphatic carbocycles. The largest absolute Gasteiger partial charge is 0.497 e. The molecule has 0 aromatic carbocycles. The van der Waals surface area contributed by atoms with E-state index in [-0.39, 0.29) is 23.7 Å². The maximum Gasteiger partial charge on any atom is 0.272 e. The zero-order chi connectivity index (χ0) is 16.2. The molecular weight excluding hydrogens is 292 g/mol. The van der Waals surface area contributed by atoms with Crippen molar-refractivity contribution >= 4 is 17.5 Å². The second kappa shape index (κ2) is 6.94. The van der Waals surface area contributed by atoms with E-state index >= 15 is 0 Å². The van der Waals surface area contributed by atoms with Crippen molar-refractivity contribution in [2.24, 2.45) is 16.8 Å². The molecule has 0 spiro atoms. The van der Waals surface area contributed by atoms with Crippen LogP contribution < -0.4 is 5.32 Å². The van der Waals surface area contributed by atoms with E-state index in [0.717, 1.165) is 25.7 Å². The number of carbonyl (C=O) groups excluding carboxylic acids is 2. The van der Waals surface area contributed by atoms with Crippen molar-refractivity contribution in [3.63, 3.8) is 0 Å². The molecule has 3 rings (SSSR count). The lowest BCUT2D eigenvalue weighted by molar-refractivity contribution is -0.124. The first-order valence-electron chi connectivity index (χ1n) is 8.22. The molecule has 1 saturated carbocycles. The minimum Gasteiger partial charge on any atom is -0.497 e. The number of ether oxygens (including phenoxy) is 1. The number of allylic oxidation sites excluding steroid dienone is 4. The monoisotopic (exact) mass is 314 g/mol. The van der Waals surface area contributed by atoms with Crippen LogP contribution in [0.3, 0.4) is 0 Å². The van der Waals surface area contributed by atoms with Crippen LogP contribution in [0.5, 0.6) is 0 Å². The number of nitrogens with one attached hydrogen (secondary N) is 1. The Balaban J connectivity index is 1.54. The van der Waals surface area contributed by atoms with Crippen LogP contribution in [0.4, 0.5) is 0 Å². The van der Waals surface area contributed by atoms with Crippen molar-refractivity contribution in [1.82, 2.24) is 5.32 Å². The molecular formula is C18H22N2O3. The van der Waals surface area contributed by atoms with Crippen molar-refractivity contribution in [2.45, 2.75) is 32.1 Å². The van der Waals surface area contributed by atoms with Gasteiger partial charge in [0, 0.05) is 30.0 Å². The van der Waals surface area contributed by atoms with Crippen LogP contribution in [0, 0.1) is 11.8 Å². The molecule has 1 heterocycles. The first-order valence-corrected chi connectivity index (χ1v) is 8.22. The number of aliphatic imine (C=N–C) groups is 1. The molecule has 23 heavy (non-hydrogen) atoms. The fourth-order valence-electron chi connectivity index (χ4n) is 3.28. The number of dihydropyridines is 1. The van der Waals surface area contributed by atoms with Gasteiger partial charge in [0.05, 0.1) is 12.8 Å².